The van der Waals surface area contributed by atoms with Gasteiger partial charge in [-0.15, -0.1) is 0 Å². The van der Waals surface area contributed by atoms with E-state index in [1.54, 1.807) is 0 Å². The van der Waals surface area contributed by atoms with Crippen molar-refractivity contribution in [3.8, 4) is 0 Å². The van der Waals surface area contributed by atoms with Crippen LogP contribution < -0.4 is 5.73 Å². The summed E-state index contributed by atoms with van der Waals surface area (Å²) in [4.78, 5) is 0. The lowest BCUT2D eigenvalue weighted by Crippen LogP contribution is -2.03. The highest BCUT2D eigenvalue weighted by atomic mass is 35.5. The van der Waals surface area contributed by atoms with E-state index in [-0.39, 0.29) is 22.0 Å². The molecule has 0 aliphatic rings. The highest BCUT2D eigenvalue weighted by molar-refractivity contribution is 6.31. The van der Waals surface area contributed by atoms with Gasteiger partial charge in [-0.3, -0.25) is 0 Å². The second-order valence-corrected chi connectivity index (χ2v) is 2.91. The van der Waals surface area contributed by atoms with Gasteiger partial charge in [0.1, 0.15) is 5.82 Å². The summed E-state index contributed by atoms with van der Waals surface area (Å²) in [5.41, 5.74) is 5.88. The van der Waals surface area contributed by atoms with Crippen LogP contribution in [0.2, 0.25) is 5.02 Å². The van der Waals surface area contributed by atoms with Gasteiger partial charge in [0.25, 0.3) is 0 Å². The molecule has 4 heteroatoms. The van der Waals surface area contributed by atoms with Gasteiger partial charge in [0.15, 0.2) is 0 Å². The average Bonchev–Trinajstić information content (AvgIpc) is 2.04. The maximum atomic E-state index is 13.1. The minimum absolute atomic E-state index is 0.0988. The quantitative estimate of drug-likeness (QED) is 0.548. The van der Waals surface area contributed by atoms with Gasteiger partial charge in [-0.25, -0.2) is 4.39 Å². The Morgan fingerprint density at radius 2 is 1.93 bits per heavy atom. The monoisotopic (exact) mass is 216 g/mol. The zero-order valence-electron chi connectivity index (χ0n) is 8.49. The van der Waals surface area contributed by atoms with Crippen molar-refractivity contribution in [1.82, 2.24) is 0 Å². The maximum absolute atomic E-state index is 13.1. The molecular formula is C10H14ClFN2. The van der Waals surface area contributed by atoms with Crippen molar-refractivity contribution in [2.24, 2.45) is 0 Å². The fourth-order valence-electron chi connectivity index (χ4n) is 0.989. The molecule has 0 fully saturated rings. The highest BCUT2D eigenvalue weighted by Gasteiger charge is 2.09. The first-order valence-corrected chi connectivity index (χ1v) is 4.70. The molecule has 1 aromatic carbocycles. The summed E-state index contributed by atoms with van der Waals surface area (Å²) >= 11 is 5.54. The lowest BCUT2D eigenvalue weighted by molar-refractivity contribution is 0.626. The maximum Gasteiger partial charge on any atom is 0.135 e. The third-order valence-corrected chi connectivity index (χ3v) is 1.68. The molecule has 0 amide bonds. The molecule has 14 heavy (non-hydrogen) atoms. The van der Waals surface area contributed by atoms with Crippen molar-refractivity contribution in [2.75, 3.05) is 5.73 Å². The summed E-state index contributed by atoms with van der Waals surface area (Å²) < 4.78 is 13.1. The van der Waals surface area contributed by atoms with Gasteiger partial charge in [-0.05, 0) is 19.1 Å². The molecule has 0 aliphatic carbocycles. The van der Waals surface area contributed by atoms with Crippen LogP contribution in [0.5, 0.6) is 0 Å². The van der Waals surface area contributed by atoms with E-state index in [9.17, 15) is 4.39 Å². The normalized spacial score (nSPS) is 8.93. The number of nitrogen functional groups attached to an aromatic ring is 1. The van der Waals surface area contributed by atoms with E-state index in [1.165, 1.54) is 13.0 Å². The Kier molecular flexibility index (Phi) is 5.16. The third-order valence-electron chi connectivity index (χ3n) is 1.46. The molecule has 0 heterocycles. The summed E-state index contributed by atoms with van der Waals surface area (Å²) in [6.07, 6.45) is 0. The molecule has 0 saturated heterocycles. The van der Waals surface area contributed by atoms with Crippen LogP contribution in [-0.4, -0.2) is 5.71 Å². The third kappa shape index (κ3) is 3.00. The number of hydrogen-bond acceptors (Lipinski definition) is 2. The Labute approximate surface area is 88.4 Å². The Balaban J connectivity index is 0.000000791. The van der Waals surface area contributed by atoms with Crippen LogP contribution in [0.15, 0.2) is 12.1 Å². The number of anilines is 1. The highest BCUT2D eigenvalue weighted by Crippen LogP contribution is 2.22. The SMILES string of the molecule is CC.CC(=N)c1c(N)cc(Cl)cc1F. The van der Waals surface area contributed by atoms with Crippen LogP contribution >= 0.6 is 11.6 Å². The second kappa shape index (κ2) is 5.60. The first kappa shape index (κ1) is 12.9. The predicted octanol–water partition coefficient (Wildman–Crippen LogP) is 3.48. The fraction of sp³-hybridized carbons (Fsp3) is 0.300. The Morgan fingerprint density at radius 3 is 2.29 bits per heavy atom. The molecule has 78 valence electrons. The van der Waals surface area contributed by atoms with Crippen LogP contribution in [-0.2, 0) is 0 Å². The molecule has 0 atom stereocenters. The van der Waals surface area contributed by atoms with Crippen LogP contribution in [0.25, 0.3) is 0 Å². The summed E-state index contributed by atoms with van der Waals surface area (Å²) in [6, 6.07) is 2.57. The van der Waals surface area contributed by atoms with Crippen molar-refractivity contribution >= 4 is 23.0 Å². The Hall–Kier alpha value is -1.09. The van der Waals surface area contributed by atoms with E-state index in [4.69, 9.17) is 22.7 Å². The van der Waals surface area contributed by atoms with Crippen molar-refractivity contribution in [3.63, 3.8) is 0 Å². The number of halogens is 2. The molecule has 0 radical (unpaired) electrons. The molecule has 0 aromatic heterocycles. The minimum atomic E-state index is -0.549. The zero-order valence-corrected chi connectivity index (χ0v) is 9.24. The summed E-state index contributed by atoms with van der Waals surface area (Å²) in [5.74, 6) is -0.549. The number of rotatable bonds is 1. The molecule has 0 spiro atoms. The summed E-state index contributed by atoms with van der Waals surface area (Å²) in [7, 11) is 0. The average molecular weight is 217 g/mol. The van der Waals surface area contributed by atoms with Crippen molar-refractivity contribution in [3.05, 3.63) is 28.5 Å². The second-order valence-electron chi connectivity index (χ2n) is 2.48. The minimum Gasteiger partial charge on any atom is -0.398 e. The summed E-state index contributed by atoms with van der Waals surface area (Å²) in [5, 5.41) is 7.47. The number of benzene rings is 1. The van der Waals surface area contributed by atoms with E-state index in [0.717, 1.165) is 6.07 Å². The fourth-order valence-corrected chi connectivity index (χ4v) is 1.20. The van der Waals surface area contributed by atoms with Crippen LogP contribution in [0.4, 0.5) is 10.1 Å². The van der Waals surface area contributed by atoms with Gasteiger partial charge in [-0.2, -0.15) is 0 Å². The Morgan fingerprint density at radius 1 is 1.43 bits per heavy atom. The van der Waals surface area contributed by atoms with Crippen LogP contribution in [0.3, 0.4) is 0 Å². The lowest BCUT2D eigenvalue weighted by atomic mass is 10.1. The van der Waals surface area contributed by atoms with E-state index in [0.29, 0.717) is 0 Å². The molecule has 2 nitrogen and oxygen atoms in total. The first-order chi connectivity index (χ1) is 6.52. The largest absolute Gasteiger partial charge is 0.398 e. The number of nitrogens with one attached hydrogen (secondary N) is 1. The van der Waals surface area contributed by atoms with Gasteiger partial charge in [0, 0.05) is 16.4 Å². The molecule has 0 bridgehead atoms. The van der Waals surface area contributed by atoms with E-state index in [1.807, 2.05) is 13.8 Å². The Bertz CT molecular complexity index is 314. The molecule has 3 N–H and O–H groups in total. The molecule has 1 aromatic rings. The predicted molar refractivity (Wildman–Crippen MR) is 59.7 cm³/mol. The van der Waals surface area contributed by atoms with Crippen LogP contribution in [0, 0.1) is 11.2 Å². The van der Waals surface area contributed by atoms with Gasteiger partial charge in [0.05, 0.1) is 5.56 Å². The summed E-state index contributed by atoms with van der Waals surface area (Å²) in [6.45, 7) is 5.47. The van der Waals surface area contributed by atoms with E-state index >= 15 is 0 Å². The van der Waals surface area contributed by atoms with Crippen molar-refractivity contribution < 1.29 is 4.39 Å². The van der Waals surface area contributed by atoms with Gasteiger partial charge < -0.3 is 11.1 Å². The molecule has 0 aliphatic heterocycles. The molecule has 0 saturated carbocycles. The van der Waals surface area contributed by atoms with Gasteiger partial charge >= 0.3 is 0 Å². The lowest BCUT2D eigenvalue weighted by Gasteiger charge is -2.05. The zero-order chi connectivity index (χ0) is 11.3. The van der Waals surface area contributed by atoms with Gasteiger partial charge in [-0.1, -0.05) is 25.4 Å². The van der Waals surface area contributed by atoms with Crippen LogP contribution in [0.1, 0.15) is 26.3 Å². The van der Waals surface area contributed by atoms with Gasteiger partial charge in [0.2, 0.25) is 0 Å². The molecular weight excluding hydrogens is 203 g/mol. The number of nitrogens with two attached hydrogens (primary N) is 1. The van der Waals surface area contributed by atoms with E-state index < -0.39 is 5.82 Å². The molecule has 1 rings (SSSR count). The molecule has 0 unspecified atom stereocenters. The first-order valence-electron chi connectivity index (χ1n) is 4.32. The van der Waals surface area contributed by atoms with Crippen molar-refractivity contribution in [1.29, 1.82) is 5.41 Å². The standard InChI is InChI=1S/C8H8ClFN2.C2H6/c1-4(11)8-6(10)2-5(9)3-7(8)12;1-2/h2-3,11H,12H2,1H3;1-2H3. The topological polar surface area (TPSA) is 49.9 Å². The van der Waals surface area contributed by atoms with E-state index in [2.05, 4.69) is 0 Å². The van der Waals surface area contributed by atoms with Crippen molar-refractivity contribution in [2.45, 2.75) is 20.8 Å². The number of hydrogen-bond donors (Lipinski definition) is 2. The smallest absolute Gasteiger partial charge is 0.135 e.